The van der Waals surface area contributed by atoms with Gasteiger partial charge >= 0.3 is 0 Å². The van der Waals surface area contributed by atoms with Crippen molar-refractivity contribution >= 4 is 22.7 Å². The SMILES string of the molecule is CSc1nc2c(c(=O)[nH]1)CN(Cc1cc3cccc4c3n(c1=O)CCC4)CC2. The molecule has 144 valence electrons. The number of benzene rings is 1. The van der Waals surface area contributed by atoms with E-state index in [0.717, 1.165) is 60.1 Å². The fourth-order valence-electron chi connectivity index (χ4n) is 4.47. The van der Waals surface area contributed by atoms with E-state index in [1.165, 1.54) is 17.3 Å². The smallest absolute Gasteiger partial charge is 0.256 e. The molecule has 0 saturated carbocycles. The van der Waals surface area contributed by atoms with Gasteiger partial charge in [0, 0.05) is 38.2 Å². The van der Waals surface area contributed by atoms with E-state index in [-0.39, 0.29) is 11.1 Å². The van der Waals surface area contributed by atoms with Gasteiger partial charge < -0.3 is 9.55 Å². The highest BCUT2D eigenvalue weighted by Gasteiger charge is 2.23. The van der Waals surface area contributed by atoms with Gasteiger partial charge in [0.2, 0.25) is 0 Å². The lowest BCUT2D eigenvalue weighted by Crippen LogP contribution is -2.37. The predicted molar refractivity (Wildman–Crippen MR) is 111 cm³/mol. The van der Waals surface area contributed by atoms with Crippen molar-refractivity contribution in [2.45, 2.75) is 44.1 Å². The molecule has 0 fully saturated rings. The lowest BCUT2D eigenvalue weighted by Gasteiger charge is -2.28. The van der Waals surface area contributed by atoms with Gasteiger partial charge in [-0.1, -0.05) is 30.0 Å². The summed E-state index contributed by atoms with van der Waals surface area (Å²) in [6, 6.07) is 8.33. The van der Waals surface area contributed by atoms with Crippen LogP contribution in [0, 0.1) is 0 Å². The Kier molecular flexibility index (Phi) is 4.36. The van der Waals surface area contributed by atoms with Crippen LogP contribution < -0.4 is 11.1 Å². The second-order valence-corrected chi connectivity index (χ2v) is 8.34. The van der Waals surface area contributed by atoms with Gasteiger partial charge in [-0.3, -0.25) is 14.5 Å². The summed E-state index contributed by atoms with van der Waals surface area (Å²) in [5, 5.41) is 1.80. The van der Waals surface area contributed by atoms with Crippen LogP contribution in [0.3, 0.4) is 0 Å². The number of aromatic amines is 1. The number of hydrogen-bond donors (Lipinski definition) is 1. The lowest BCUT2D eigenvalue weighted by molar-refractivity contribution is 0.239. The van der Waals surface area contributed by atoms with Crippen molar-refractivity contribution in [1.82, 2.24) is 19.4 Å². The zero-order valence-electron chi connectivity index (χ0n) is 15.8. The van der Waals surface area contributed by atoms with E-state index >= 15 is 0 Å². The number of para-hydroxylation sites is 1. The molecule has 7 heteroatoms. The van der Waals surface area contributed by atoms with Gasteiger partial charge in [-0.05, 0) is 36.1 Å². The van der Waals surface area contributed by atoms with Crippen LogP contribution in [0.4, 0.5) is 0 Å². The fourth-order valence-corrected chi connectivity index (χ4v) is 4.86. The minimum Gasteiger partial charge on any atom is -0.308 e. The number of pyridine rings is 1. The third-order valence-corrected chi connectivity index (χ3v) is 6.39. The molecule has 3 aromatic rings. The van der Waals surface area contributed by atoms with Gasteiger partial charge in [0.15, 0.2) is 5.16 Å². The fraction of sp³-hybridized carbons (Fsp3) is 0.381. The van der Waals surface area contributed by atoms with Crippen molar-refractivity contribution in [1.29, 1.82) is 0 Å². The molecule has 1 N–H and O–H groups in total. The molecule has 2 aromatic heterocycles. The zero-order valence-corrected chi connectivity index (χ0v) is 16.6. The summed E-state index contributed by atoms with van der Waals surface area (Å²) in [6.07, 6.45) is 4.68. The minimum atomic E-state index is -0.0611. The number of H-pyrrole nitrogens is 1. The van der Waals surface area contributed by atoms with Crippen LogP contribution in [-0.4, -0.2) is 32.2 Å². The van der Waals surface area contributed by atoms with Crippen molar-refractivity contribution in [3.8, 4) is 0 Å². The van der Waals surface area contributed by atoms with Crippen LogP contribution in [0.5, 0.6) is 0 Å². The highest BCUT2D eigenvalue weighted by molar-refractivity contribution is 7.98. The standard InChI is InChI=1S/C21H22N4O2S/c1-28-21-22-17-7-9-24(12-16(17)19(26)23-21)11-15-10-14-5-2-4-13-6-3-8-25(18(13)14)20(15)27/h2,4-5,10H,3,6-9,11-12H2,1H3,(H,22,23,26). The van der Waals surface area contributed by atoms with Crippen LogP contribution in [0.1, 0.15) is 28.8 Å². The molecule has 5 rings (SSSR count). The van der Waals surface area contributed by atoms with Gasteiger partial charge in [-0.25, -0.2) is 4.98 Å². The van der Waals surface area contributed by atoms with Gasteiger partial charge in [0.1, 0.15) is 0 Å². The Morgan fingerprint density at radius 3 is 2.96 bits per heavy atom. The van der Waals surface area contributed by atoms with Crippen molar-refractivity contribution < 1.29 is 0 Å². The molecule has 0 amide bonds. The number of hydrogen-bond acceptors (Lipinski definition) is 5. The van der Waals surface area contributed by atoms with Crippen LogP contribution in [-0.2, 0) is 32.5 Å². The molecule has 2 aliphatic heterocycles. The molecule has 0 spiro atoms. The molecule has 1 aromatic carbocycles. The van der Waals surface area contributed by atoms with Crippen molar-refractivity contribution in [2.24, 2.45) is 0 Å². The topological polar surface area (TPSA) is 71.0 Å². The van der Waals surface area contributed by atoms with Crippen LogP contribution >= 0.6 is 11.8 Å². The van der Waals surface area contributed by atoms with Crippen molar-refractivity contribution in [2.75, 3.05) is 12.8 Å². The van der Waals surface area contributed by atoms with E-state index in [1.54, 1.807) is 0 Å². The summed E-state index contributed by atoms with van der Waals surface area (Å²) in [7, 11) is 0. The maximum Gasteiger partial charge on any atom is 0.256 e. The zero-order chi connectivity index (χ0) is 19.3. The average molecular weight is 395 g/mol. The Labute approximate surface area is 166 Å². The Morgan fingerprint density at radius 1 is 1.21 bits per heavy atom. The quantitative estimate of drug-likeness (QED) is 0.545. The second-order valence-electron chi connectivity index (χ2n) is 7.55. The van der Waals surface area contributed by atoms with Gasteiger partial charge in [0.25, 0.3) is 11.1 Å². The normalized spacial score (nSPS) is 16.3. The average Bonchev–Trinajstić information content (AvgIpc) is 2.72. The van der Waals surface area contributed by atoms with E-state index in [0.29, 0.717) is 18.2 Å². The van der Waals surface area contributed by atoms with Crippen LogP contribution in [0.25, 0.3) is 10.9 Å². The first-order chi connectivity index (χ1) is 13.6. The molecule has 4 heterocycles. The molecule has 28 heavy (non-hydrogen) atoms. The second kappa shape index (κ2) is 6.90. The monoisotopic (exact) mass is 394 g/mol. The number of nitrogens with zero attached hydrogens (tertiary/aromatic N) is 3. The number of aryl methyl sites for hydroxylation is 2. The Hall–Kier alpha value is -2.38. The highest BCUT2D eigenvalue weighted by Crippen LogP contribution is 2.25. The molecular formula is C21H22N4O2S. The molecule has 0 saturated heterocycles. The van der Waals surface area contributed by atoms with Gasteiger partial charge in [0.05, 0.1) is 16.8 Å². The molecule has 6 nitrogen and oxygen atoms in total. The van der Waals surface area contributed by atoms with Crippen LogP contribution in [0.15, 0.2) is 39.0 Å². The largest absolute Gasteiger partial charge is 0.308 e. The summed E-state index contributed by atoms with van der Waals surface area (Å²) >= 11 is 1.45. The summed E-state index contributed by atoms with van der Waals surface area (Å²) < 4.78 is 1.94. The van der Waals surface area contributed by atoms with E-state index in [1.807, 2.05) is 16.9 Å². The van der Waals surface area contributed by atoms with Crippen molar-refractivity contribution in [3.63, 3.8) is 0 Å². The summed E-state index contributed by atoms with van der Waals surface area (Å²) in [6.45, 7) is 2.67. The first-order valence-corrected chi connectivity index (χ1v) is 10.9. The van der Waals surface area contributed by atoms with E-state index in [4.69, 9.17) is 0 Å². The summed E-state index contributed by atoms with van der Waals surface area (Å²) in [5.41, 5.74) is 4.83. The highest BCUT2D eigenvalue weighted by atomic mass is 32.2. The third kappa shape index (κ3) is 2.89. The molecule has 0 atom stereocenters. The molecular weight excluding hydrogens is 372 g/mol. The summed E-state index contributed by atoms with van der Waals surface area (Å²) in [5.74, 6) is 0. The molecule has 0 bridgehead atoms. The van der Waals surface area contributed by atoms with E-state index in [9.17, 15) is 9.59 Å². The summed E-state index contributed by atoms with van der Waals surface area (Å²) in [4.78, 5) is 35.1. The molecule has 0 aliphatic carbocycles. The van der Waals surface area contributed by atoms with E-state index in [2.05, 4.69) is 33.1 Å². The third-order valence-electron chi connectivity index (χ3n) is 5.81. The Bertz CT molecular complexity index is 1200. The van der Waals surface area contributed by atoms with Crippen molar-refractivity contribution in [3.05, 3.63) is 67.4 Å². The maximum absolute atomic E-state index is 13.1. The first-order valence-electron chi connectivity index (χ1n) is 9.67. The number of fused-ring (bicyclic) bond motifs is 1. The number of aromatic nitrogens is 3. The number of nitrogens with one attached hydrogen (secondary N) is 1. The Morgan fingerprint density at radius 2 is 2.11 bits per heavy atom. The molecule has 2 aliphatic rings. The maximum atomic E-state index is 13.1. The predicted octanol–water partition coefficient (Wildman–Crippen LogP) is 2.31. The molecule has 0 radical (unpaired) electrons. The molecule has 0 unspecified atom stereocenters. The van der Waals surface area contributed by atoms with Crippen LogP contribution in [0.2, 0.25) is 0 Å². The van der Waals surface area contributed by atoms with Gasteiger partial charge in [-0.2, -0.15) is 0 Å². The number of rotatable bonds is 3. The first kappa shape index (κ1) is 17.7. The van der Waals surface area contributed by atoms with Gasteiger partial charge in [-0.15, -0.1) is 0 Å². The number of thioether (sulfide) groups is 1. The lowest BCUT2D eigenvalue weighted by atomic mass is 9.99. The van der Waals surface area contributed by atoms with E-state index < -0.39 is 0 Å². The Balaban J connectivity index is 1.49. The minimum absolute atomic E-state index is 0.0611.